The number of ether oxygens (including phenoxy) is 2. The molecule has 27 heavy (non-hydrogen) atoms. The third-order valence-corrected chi connectivity index (χ3v) is 4.52. The smallest absolute Gasteiger partial charge is 0.312 e. The third kappa shape index (κ3) is 4.89. The topological polar surface area (TPSA) is 81.9 Å². The zero-order chi connectivity index (χ0) is 19.4. The van der Waals surface area contributed by atoms with Gasteiger partial charge in [-0.05, 0) is 42.7 Å². The number of hydrogen-bond donors (Lipinski definition) is 0. The molecule has 8 heteroatoms. The van der Waals surface area contributed by atoms with Crippen molar-refractivity contribution in [3.63, 3.8) is 0 Å². The Morgan fingerprint density at radius 2 is 1.96 bits per heavy atom. The number of carbonyl (C=O) groups is 1. The number of methoxy groups -OCH3 is 1. The molecule has 0 saturated heterocycles. The monoisotopic (exact) mass is 390 g/mol. The van der Waals surface area contributed by atoms with Gasteiger partial charge in [-0.3, -0.25) is 14.9 Å². The molecule has 0 spiro atoms. The van der Waals surface area contributed by atoms with Crippen LogP contribution in [0, 0.1) is 10.1 Å². The summed E-state index contributed by atoms with van der Waals surface area (Å²) in [6.45, 7) is 0.189. The van der Waals surface area contributed by atoms with Gasteiger partial charge in [0.1, 0.15) is 5.75 Å². The zero-order valence-electron chi connectivity index (χ0n) is 14.8. The molecule has 1 aliphatic rings. The minimum Gasteiger partial charge on any atom is -0.497 e. The third-order valence-electron chi connectivity index (χ3n) is 4.29. The van der Waals surface area contributed by atoms with Crippen LogP contribution in [0.2, 0.25) is 5.02 Å². The lowest BCUT2D eigenvalue weighted by Crippen LogP contribution is -2.36. The van der Waals surface area contributed by atoms with Crippen LogP contribution in [0.25, 0.3) is 0 Å². The number of nitrogens with zero attached hydrogens (tertiary/aromatic N) is 2. The van der Waals surface area contributed by atoms with Crippen molar-refractivity contribution in [3.8, 4) is 11.5 Å². The molecule has 142 valence electrons. The maximum absolute atomic E-state index is 12.7. The van der Waals surface area contributed by atoms with E-state index in [0.717, 1.165) is 24.2 Å². The first-order valence-electron chi connectivity index (χ1n) is 8.47. The highest BCUT2D eigenvalue weighted by Crippen LogP contribution is 2.31. The molecule has 0 aromatic heterocycles. The summed E-state index contributed by atoms with van der Waals surface area (Å²) in [7, 11) is 1.60. The Bertz CT molecular complexity index is 836. The highest BCUT2D eigenvalue weighted by atomic mass is 35.5. The molecule has 1 fully saturated rings. The number of rotatable bonds is 8. The first kappa shape index (κ1) is 19.0. The summed E-state index contributed by atoms with van der Waals surface area (Å²) in [4.78, 5) is 25.0. The fourth-order valence-electron chi connectivity index (χ4n) is 2.71. The maximum atomic E-state index is 12.7. The Morgan fingerprint density at radius 1 is 1.26 bits per heavy atom. The number of amides is 1. The lowest BCUT2D eigenvalue weighted by Gasteiger charge is -2.22. The van der Waals surface area contributed by atoms with Crippen LogP contribution in [-0.4, -0.2) is 35.5 Å². The van der Waals surface area contributed by atoms with E-state index in [0.29, 0.717) is 6.54 Å². The normalized spacial score (nSPS) is 13.1. The molecule has 0 N–H and O–H groups in total. The van der Waals surface area contributed by atoms with Crippen molar-refractivity contribution >= 4 is 23.2 Å². The molecule has 0 radical (unpaired) electrons. The van der Waals surface area contributed by atoms with Gasteiger partial charge in [-0.1, -0.05) is 23.7 Å². The van der Waals surface area contributed by atoms with Crippen molar-refractivity contribution in [2.75, 3.05) is 13.7 Å². The fraction of sp³-hybridized carbons (Fsp3) is 0.316. The van der Waals surface area contributed by atoms with E-state index in [4.69, 9.17) is 21.1 Å². The van der Waals surface area contributed by atoms with Gasteiger partial charge in [-0.2, -0.15) is 0 Å². The highest BCUT2D eigenvalue weighted by molar-refractivity contribution is 6.30. The lowest BCUT2D eigenvalue weighted by molar-refractivity contribution is -0.385. The van der Waals surface area contributed by atoms with Crippen LogP contribution in [0.3, 0.4) is 0 Å². The van der Waals surface area contributed by atoms with E-state index >= 15 is 0 Å². The molecular weight excluding hydrogens is 372 g/mol. The van der Waals surface area contributed by atoms with Crippen molar-refractivity contribution in [2.24, 2.45) is 0 Å². The van der Waals surface area contributed by atoms with E-state index in [1.165, 1.54) is 18.2 Å². The zero-order valence-corrected chi connectivity index (χ0v) is 15.5. The van der Waals surface area contributed by atoms with Crippen molar-refractivity contribution in [3.05, 3.63) is 63.2 Å². The molecule has 2 aromatic carbocycles. The summed E-state index contributed by atoms with van der Waals surface area (Å²) in [5.74, 6) is 0.567. The molecular formula is C19H19ClN2O5. The van der Waals surface area contributed by atoms with E-state index < -0.39 is 4.92 Å². The minimum atomic E-state index is -0.582. The Kier molecular flexibility index (Phi) is 5.81. The van der Waals surface area contributed by atoms with E-state index in [2.05, 4.69) is 0 Å². The Hall–Kier alpha value is -2.80. The number of nitro groups is 1. The second kappa shape index (κ2) is 8.26. The van der Waals surface area contributed by atoms with Crippen LogP contribution >= 0.6 is 11.6 Å². The molecule has 3 rings (SSSR count). The van der Waals surface area contributed by atoms with Gasteiger partial charge in [-0.15, -0.1) is 0 Å². The van der Waals surface area contributed by atoms with E-state index in [1.54, 1.807) is 12.0 Å². The molecule has 0 atom stereocenters. The second-order valence-corrected chi connectivity index (χ2v) is 6.70. The molecule has 1 aliphatic carbocycles. The van der Waals surface area contributed by atoms with Crippen LogP contribution in [0.15, 0.2) is 42.5 Å². The van der Waals surface area contributed by atoms with Gasteiger partial charge in [0.2, 0.25) is 0 Å². The van der Waals surface area contributed by atoms with Gasteiger partial charge in [0, 0.05) is 23.7 Å². The van der Waals surface area contributed by atoms with E-state index in [-0.39, 0.29) is 35.0 Å². The first-order chi connectivity index (χ1) is 13.0. The minimum absolute atomic E-state index is 0.0259. The maximum Gasteiger partial charge on any atom is 0.312 e. The predicted octanol–water partition coefficient (Wildman–Crippen LogP) is 3.83. The summed E-state index contributed by atoms with van der Waals surface area (Å²) >= 11 is 5.79. The molecule has 2 aromatic rings. The lowest BCUT2D eigenvalue weighted by atomic mass is 10.2. The van der Waals surface area contributed by atoms with Crippen molar-refractivity contribution < 1.29 is 19.2 Å². The number of carbonyl (C=O) groups excluding carboxylic acids is 1. The average Bonchev–Trinajstić information content (AvgIpc) is 3.50. The Balaban J connectivity index is 1.66. The van der Waals surface area contributed by atoms with Crippen LogP contribution < -0.4 is 9.47 Å². The van der Waals surface area contributed by atoms with Crippen molar-refractivity contribution in [2.45, 2.75) is 25.4 Å². The quantitative estimate of drug-likeness (QED) is 0.505. The van der Waals surface area contributed by atoms with Gasteiger partial charge >= 0.3 is 5.69 Å². The first-order valence-corrected chi connectivity index (χ1v) is 8.85. The average molecular weight is 391 g/mol. The molecule has 7 nitrogen and oxygen atoms in total. The van der Waals surface area contributed by atoms with Gasteiger partial charge in [0.05, 0.1) is 12.0 Å². The molecule has 1 amide bonds. The van der Waals surface area contributed by atoms with E-state index in [1.807, 2.05) is 24.3 Å². The summed E-state index contributed by atoms with van der Waals surface area (Å²) in [6, 6.07) is 11.8. The second-order valence-electron chi connectivity index (χ2n) is 6.26. The molecule has 0 bridgehead atoms. The van der Waals surface area contributed by atoms with Crippen molar-refractivity contribution in [1.29, 1.82) is 0 Å². The standard InChI is InChI=1S/C19H19ClN2O5/c1-26-16-7-2-13(3-8-16)11-21(15-5-6-15)19(23)12-27-18-9-4-14(20)10-17(18)22(24)25/h2-4,7-10,15H,5-6,11-12H2,1H3. The summed E-state index contributed by atoms with van der Waals surface area (Å²) in [5, 5.41) is 11.4. The van der Waals surface area contributed by atoms with E-state index in [9.17, 15) is 14.9 Å². The number of halogens is 1. The van der Waals surface area contributed by atoms with Gasteiger partial charge in [-0.25, -0.2) is 0 Å². The van der Waals surface area contributed by atoms with Gasteiger partial charge in [0.25, 0.3) is 5.91 Å². The number of hydrogen-bond acceptors (Lipinski definition) is 5. The number of nitro benzene ring substituents is 1. The van der Waals surface area contributed by atoms with Crippen LogP contribution in [0.5, 0.6) is 11.5 Å². The largest absolute Gasteiger partial charge is 0.497 e. The van der Waals surface area contributed by atoms with Crippen LogP contribution in [-0.2, 0) is 11.3 Å². The molecule has 0 aliphatic heterocycles. The Labute approximate surface area is 161 Å². The molecule has 0 heterocycles. The summed E-state index contributed by atoms with van der Waals surface area (Å²) in [6.07, 6.45) is 1.89. The molecule has 1 saturated carbocycles. The van der Waals surface area contributed by atoms with Crippen LogP contribution in [0.1, 0.15) is 18.4 Å². The van der Waals surface area contributed by atoms with Gasteiger partial charge in [0.15, 0.2) is 12.4 Å². The molecule has 0 unspecified atom stereocenters. The van der Waals surface area contributed by atoms with Gasteiger partial charge < -0.3 is 14.4 Å². The Morgan fingerprint density at radius 3 is 2.56 bits per heavy atom. The fourth-order valence-corrected chi connectivity index (χ4v) is 2.88. The summed E-state index contributed by atoms with van der Waals surface area (Å²) in [5.41, 5.74) is 0.719. The highest BCUT2D eigenvalue weighted by Gasteiger charge is 2.33. The van der Waals surface area contributed by atoms with Crippen LogP contribution in [0.4, 0.5) is 5.69 Å². The number of benzene rings is 2. The van der Waals surface area contributed by atoms with Crippen molar-refractivity contribution in [1.82, 2.24) is 4.90 Å². The summed E-state index contributed by atoms with van der Waals surface area (Å²) < 4.78 is 10.6. The SMILES string of the molecule is COc1ccc(CN(C(=O)COc2ccc(Cl)cc2[N+](=O)[O-])C2CC2)cc1. The predicted molar refractivity (Wildman–Crippen MR) is 100 cm³/mol.